The molecule has 2 amide bonds. The number of amides is 2. The number of benzene rings is 1. The van der Waals surface area contributed by atoms with Crippen molar-refractivity contribution in [3.8, 4) is 11.5 Å². The van der Waals surface area contributed by atoms with Crippen LogP contribution >= 0.6 is 21.6 Å². The molecular weight excluding hydrogens is 504 g/mol. The van der Waals surface area contributed by atoms with Crippen molar-refractivity contribution in [2.45, 2.75) is 30.1 Å². The van der Waals surface area contributed by atoms with Gasteiger partial charge >= 0.3 is 6.09 Å². The fraction of sp³-hybridized carbons (Fsp3) is 0.458. The first-order valence-corrected chi connectivity index (χ1v) is 13.9. The molecule has 2 aromatic rings. The molecule has 0 saturated carbocycles. The molecule has 0 aliphatic carbocycles. The van der Waals surface area contributed by atoms with Crippen LogP contribution in [0, 0.1) is 0 Å². The van der Waals surface area contributed by atoms with E-state index in [4.69, 9.17) is 24.7 Å². The molecule has 2 aliphatic heterocycles. The maximum atomic E-state index is 13.5. The molecule has 2 fully saturated rings. The summed E-state index contributed by atoms with van der Waals surface area (Å²) in [5.41, 5.74) is 6.80. The molecule has 2 N–H and O–H groups in total. The van der Waals surface area contributed by atoms with Gasteiger partial charge in [0.1, 0.15) is 11.6 Å². The van der Waals surface area contributed by atoms with Crippen molar-refractivity contribution < 1.29 is 28.5 Å². The Kier molecular flexibility index (Phi) is 9.05. The summed E-state index contributed by atoms with van der Waals surface area (Å²) in [5.74, 6) is 1.27. The third kappa shape index (κ3) is 5.93. The molecule has 2 saturated heterocycles. The van der Waals surface area contributed by atoms with Crippen molar-refractivity contribution in [3.05, 3.63) is 42.1 Å². The van der Waals surface area contributed by atoms with Gasteiger partial charge in [-0.1, -0.05) is 16.9 Å². The molecule has 1 aromatic carbocycles. The molecule has 3 heterocycles. The van der Waals surface area contributed by atoms with E-state index in [0.29, 0.717) is 54.6 Å². The first-order chi connectivity index (χ1) is 17.5. The van der Waals surface area contributed by atoms with Gasteiger partial charge in [0.05, 0.1) is 39.0 Å². The monoisotopic (exact) mass is 534 g/mol. The highest BCUT2D eigenvalue weighted by Crippen LogP contribution is 2.35. The molecular formula is C24H30N4O6S2. The fourth-order valence-electron chi connectivity index (χ4n) is 4.32. The molecule has 2 atom stereocenters. The molecule has 0 radical (unpaired) electrons. The van der Waals surface area contributed by atoms with Gasteiger partial charge in [-0.05, 0) is 41.8 Å². The number of likely N-dealkylation sites (tertiary alicyclic amines) is 1. The summed E-state index contributed by atoms with van der Waals surface area (Å²) >= 11 is 0. The molecule has 0 spiro atoms. The van der Waals surface area contributed by atoms with Gasteiger partial charge in [0.15, 0.2) is 17.7 Å². The summed E-state index contributed by atoms with van der Waals surface area (Å²) in [6.07, 6.45) is 2.25. The highest BCUT2D eigenvalue weighted by Gasteiger charge is 2.43. The van der Waals surface area contributed by atoms with Gasteiger partial charge in [-0.2, -0.15) is 0 Å². The Bertz CT molecular complexity index is 1060. The molecule has 4 rings (SSSR count). The number of carbonyl (C=O) groups excluding carboxylic acids is 2. The van der Waals surface area contributed by atoms with Gasteiger partial charge < -0.3 is 29.6 Å². The summed E-state index contributed by atoms with van der Waals surface area (Å²) in [7, 11) is 6.13. The Labute approximate surface area is 218 Å². The van der Waals surface area contributed by atoms with Crippen molar-refractivity contribution in [2.75, 3.05) is 52.0 Å². The number of hydrogen-bond acceptors (Lipinski definition) is 10. The van der Waals surface area contributed by atoms with E-state index >= 15 is 0 Å². The Morgan fingerprint density at radius 1 is 1.17 bits per heavy atom. The number of rotatable bonds is 9. The van der Waals surface area contributed by atoms with E-state index in [-0.39, 0.29) is 18.6 Å². The summed E-state index contributed by atoms with van der Waals surface area (Å²) < 4.78 is 22.1. The smallest absolute Gasteiger partial charge is 0.412 e. The standard InChI is InChI=1S/C24H30N4O6S2/c1-31-19-14-16(17(25)15-20(19)32-2)22(29)27-9-5-6-18(27)23-28(10-11-33-23)24(30)34-12-13-35-36-21-7-3-4-8-26-21/h3-4,7-8,14-15,18,23H,5-6,9-13,25H2,1-2H3/t18-,23?/m0/s1. The predicted octanol–water partition coefficient (Wildman–Crippen LogP) is 3.52. The maximum absolute atomic E-state index is 13.5. The number of hydrogen-bond donors (Lipinski definition) is 1. The number of nitrogens with two attached hydrogens (primary N) is 1. The molecule has 10 nitrogen and oxygen atoms in total. The number of nitrogen functional groups attached to an aromatic ring is 1. The summed E-state index contributed by atoms with van der Waals surface area (Å²) in [4.78, 5) is 33.9. The highest BCUT2D eigenvalue weighted by molar-refractivity contribution is 8.76. The lowest BCUT2D eigenvalue weighted by atomic mass is 10.1. The molecule has 2 aliphatic rings. The van der Waals surface area contributed by atoms with Crippen LogP contribution in [0.4, 0.5) is 10.5 Å². The van der Waals surface area contributed by atoms with E-state index in [0.717, 1.165) is 11.4 Å². The Hall–Kier alpha value is -2.83. The minimum absolute atomic E-state index is 0.234. The van der Waals surface area contributed by atoms with Crippen LogP contribution in [0.5, 0.6) is 11.5 Å². The predicted molar refractivity (Wildman–Crippen MR) is 138 cm³/mol. The largest absolute Gasteiger partial charge is 0.493 e. The summed E-state index contributed by atoms with van der Waals surface area (Å²) in [6.45, 7) is 1.61. The maximum Gasteiger partial charge on any atom is 0.412 e. The van der Waals surface area contributed by atoms with Gasteiger partial charge in [-0.15, -0.1) is 0 Å². The second-order valence-electron chi connectivity index (χ2n) is 8.14. The molecule has 12 heteroatoms. The summed E-state index contributed by atoms with van der Waals surface area (Å²) in [5, 5.41) is 0.906. The SMILES string of the molecule is COc1cc(N)c(C(=O)N2CCC[C@H]2C2OCCN2C(=O)OCCSSc2ccccn2)cc1OC. The lowest BCUT2D eigenvalue weighted by Gasteiger charge is -2.33. The van der Waals surface area contributed by atoms with Gasteiger partial charge in [-0.25, -0.2) is 9.78 Å². The molecule has 1 unspecified atom stereocenters. The number of carbonyl (C=O) groups is 2. The average molecular weight is 535 g/mol. The number of ether oxygens (including phenoxy) is 4. The van der Waals surface area contributed by atoms with Gasteiger partial charge in [0, 0.05) is 30.2 Å². The molecule has 0 bridgehead atoms. The van der Waals surface area contributed by atoms with Gasteiger partial charge in [0.25, 0.3) is 5.91 Å². The normalized spacial score (nSPS) is 19.4. The number of aromatic nitrogens is 1. The zero-order valence-corrected chi connectivity index (χ0v) is 21.9. The number of nitrogens with zero attached hydrogens (tertiary/aromatic N) is 3. The minimum atomic E-state index is -0.569. The quantitative estimate of drug-likeness (QED) is 0.291. The molecule has 1 aromatic heterocycles. The van der Waals surface area contributed by atoms with Crippen molar-refractivity contribution >= 4 is 39.3 Å². The van der Waals surface area contributed by atoms with Crippen LogP contribution in [0.1, 0.15) is 23.2 Å². The summed E-state index contributed by atoms with van der Waals surface area (Å²) in [6, 6.07) is 8.60. The van der Waals surface area contributed by atoms with E-state index in [2.05, 4.69) is 4.98 Å². The fourth-order valence-corrected chi connectivity index (χ4v) is 6.03. The van der Waals surface area contributed by atoms with Crippen LogP contribution in [-0.4, -0.2) is 85.3 Å². The van der Waals surface area contributed by atoms with E-state index < -0.39 is 12.3 Å². The highest BCUT2D eigenvalue weighted by atomic mass is 33.1. The lowest BCUT2D eigenvalue weighted by Crippen LogP contribution is -2.51. The molecule has 36 heavy (non-hydrogen) atoms. The van der Waals surface area contributed by atoms with Crippen molar-refractivity contribution in [1.82, 2.24) is 14.8 Å². The number of anilines is 1. The van der Waals surface area contributed by atoms with Crippen LogP contribution < -0.4 is 15.2 Å². The van der Waals surface area contributed by atoms with Crippen molar-refractivity contribution in [2.24, 2.45) is 0 Å². The first kappa shape index (κ1) is 26.2. The van der Waals surface area contributed by atoms with E-state index in [1.54, 1.807) is 38.9 Å². The van der Waals surface area contributed by atoms with E-state index in [9.17, 15) is 9.59 Å². The minimum Gasteiger partial charge on any atom is -0.493 e. The van der Waals surface area contributed by atoms with E-state index in [1.165, 1.54) is 25.0 Å². The zero-order chi connectivity index (χ0) is 25.5. The molecule has 194 valence electrons. The Morgan fingerprint density at radius 2 is 1.97 bits per heavy atom. The number of pyridine rings is 1. The van der Waals surface area contributed by atoms with Gasteiger partial charge in [-0.3, -0.25) is 9.69 Å². The Balaban J connectivity index is 1.36. The van der Waals surface area contributed by atoms with Crippen LogP contribution in [0.25, 0.3) is 0 Å². The van der Waals surface area contributed by atoms with E-state index in [1.807, 2.05) is 18.2 Å². The average Bonchev–Trinajstić information content (AvgIpc) is 3.58. The van der Waals surface area contributed by atoms with Crippen LogP contribution in [-0.2, 0) is 9.47 Å². The first-order valence-electron chi connectivity index (χ1n) is 11.6. The van der Waals surface area contributed by atoms with Crippen molar-refractivity contribution in [3.63, 3.8) is 0 Å². The zero-order valence-electron chi connectivity index (χ0n) is 20.3. The van der Waals surface area contributed by atoms with Crippen LogP contribution in [0.15, 0.2) is 41.6 Å². The third-order valence-electron chi connectivity index (χ3n) is 6.01. The third-order valence-corrected chi connectivity index (χ3v) is 8.24. The lowest BCUT2D eigenvalue weighted by molar-refractivity contribution is -0.0201. The van der Waals surface area contributed by atoms with Gasteiger partial charge in [0.2, 0.25) is 0 Å². The second kappa shape index (κ2) is 12.4. The Morgan fingerprint density at radius 3 is 2.72 bits per heavy atom. The second-order valence-corrected chi connectivity index (χ2v) is 10.6. The van der Waals surface area contributed by atoms with Crippen molar-refractivity contribution in [1.29, 1.82) is 0 Å². The van der Waals surface area contributed by atoms with Crippen LogP contribution in [0.2, 0.25) is 0 Å². The van der Waals surface area contributed by atoms with Crippen LogP contribution in [0.3, 0.4) is 0 Å². The topological polar surface area (TPSA) is 116 Å². The number of methoxy groups -OCH3 is 2.